The van der Waals surface area contributed by atoms with Gasteiger partial charge in [-0.3, -0.25) is 9.00 Å². The second kappa shape index (κ2) is 10.4. The number of carbonyl (C=O) groups excluding carboxylic acids is 1. The lowest BCUT2D eigenvalue weighted by molar-refractivity contribution is -0.140. The number of aliphatic hydroxyl groups excluding tert-OH is 1. The summed E-state index contributed by atoms with van der Waals surface area (Å²) in [6, 6.07) is 7.32. The van der Waals surface area contributed by atoms with Gasteiger partial charge < -0.3 is 19.9 Å². The van der Waals surface area contributed by atoms with E-state index in [2.05, 4.69) is 5.32 Å². The topological polar surface area (TPSA) is 84.9 Å². The van der Waals surface area contributed by atoms with Crippen molar-refractivity contribution in [3.63, 3.8) is 0 Å². The molecule has 0 heterocycles. The number of ether oxygens (including phenoxy) is 2. The lowest BCUT2D eigenvalue weighted by Crippen LogP contribution is -2.35. The van der Waals surface area contributed by atoms with E-state index in [1.54, 1.807) is 24.3 Å². The second-order valence-electron chi connectivity index (χ2n) is 5.56. The van der Waals surface area contributed by atoms with Gasteiger partial charge in [-0.25, -0.2) is 0 Å². The van der Waals surface area contributed by atoms with Crippen LogP contribution in [0.1, 0.15) is 19.4 Å². The van der Waals surface area contributed by atoms with Crippen LogP contribution in [0.3, 0.4) is 0 Å². The summed E-state index contributed by atoms with van der Waals surface area (Å²) in [6.07, 6.45) is 1.02. The van der Waals surface area contributed by atoms with Gasteiger partial charge in [0.1, 0.15) is 18.5 Å². The van der Waals surface area contributed by atoms with E-state index in [0.29, 0.717) is 18.3 Å². The maximum Gasteiger partial charge on any atom is 0.311 e. The van der Waals surface area contributed by atoms with Crippen LogP contribution in [-0.4, -0.2) is 52.8 Å². The van der Waals surface area contributed by atoms with Crippen molar-refractivity contribution in [2.24, 2.45) is 0 Å². The molecule has 0 aliphatic carbocycles. The molecular weight excluding hydrogens is 318 g/mol. The molecule has 0 saturated carbocycles. The van der Waals surface area contributed by atoms with Gasteiger partial charge in [-0.2, -0.15) is 0 Å². The third kappa shape index (κ3) is 9.32. The molecule has 0 aromatic heterocycles. The molecule has 7 heteroatoms. The molecule has 6 nitrogen and oxygen atoms in total. The molecule has 0 aliphatic rings. The summed E-state index contributed by atoms with van der Waals surface area (Å²) in [5.74, 6) is 0.131. The molecule has 1 aromatic carbocycles. The first-order chi connectivity index (χ1) is 10.9. The summed E-state index contributed by atoms with van der Waals surface area (Å²) in [7, 11) is -1.15. The van der Waals surface area contributed by atoms with Crippen molar-refractivity contribution < 1.29 is 23.6 Å². The van der Waals surface area contributed by atoms with Crippen LogP contribution in [0.4, 0.5) is 0 Å². The van der Waals surface area contributed by atoms with Crippen LogP contribution in [0.25, 0.3) is 0 Å². The smallest absolute Gasteiger partial charge is 0.311 e. The molecule has 0 saturated heterocycles. The van der Waals surface area contributed by atoms with Crippen molar-refractivity contribution in [2.75, 3.05) is 25.3 Å². The number of benzene rings is 1. The number of hydrogen-bond acceptors (Lipinski definition) is 6. The van der Waals surface area contributed by atoms with Crippen molar-refractivity contribution in [3.05, 3.63) is 29.8 Å². The Morgan fingerprint density at radius 2 is 1.96 bits per heavy atom. The molecule has 23 heavy (non-hydrogen) atoms. The van der Waals surface area contributed by atoms with Crippen LogP contribution in [0, 0.1) is 0 Å². The molecule has 2 unspecified atom stereocenters. The van der Waals surface area contributed by atoms with Gasteiger partial charge in [-0.1, -0.05) is 26.0 Å². The fourth-order valence-electron chi connectivity index (χ4n) is 1.69. The summed E-state index contributed by atoms with van der Waals surface area (Å²) in [6.45, 7) is 4.69. The van der Waals surface area contributed by atoms with E-state index >= 15 is 0 Å². The number of esters is 1. The summed E-state index contributed by atoms with van der Waals surface area (Å²) in [5, 5.41) is 12.9. The largest absolute Gasteiger partial charge is 0.491 e. The minimum absolute atomic E-state index is 0.0810. The Balaban J connectivity index is 2.35. The van der Waals surface area contributed by atoms with Crippen LogP contribution in [0.15, 0.2) is 24.3 Å². The van der Waals surface area contributed by atoms with Crippen LogP contribution < -0.4 is 10.1 Å². The first kappa shape index (κ1) is 19.6. The number of nitrogens with one attached hydrogen (secondary N) is 1. The molecule has 2 atom stereocenters. The van der Waals surface area contributed by atoms with E-state index in [1.807, 2.05) is 13.8 Å². The van der Waals surface area contributed by atoms with Gasteiger partial charge in [0.2, 0.25) is 0 Å². The quantitative estimate of drug-likeness (QED) is 0.613. The Kier molecular flexibility index (Phi) is 8.83. The minimum Gasteiger partial charge on any atom is -0.491 e. The van der Waals surface area contributed by atoms with Crippen molar-refractivity contribution in [2.45, 2.75) is 32.4 Å². The van der Waals surface area contributed by atoms with Crippen molar-refractivity contribution in [1.29, 1.82) is 0 Å². The van der Waals surface area contributed by atoms with E-state index in [9.17, 15) is 14.1 Å². The fourth-order valence-corrected chi connectivity index (χ4v) is 1.99. The summed E-state index contributed by atoms with van der Waals surface area (Å²) in [4.78, 5) is 11.5. The number of aliphatic hydroxyl groups is 1. The normalized spacial score (nSPS) is 13.6. The van der Waals surface area contributed by atoms with Crippen molar-refractivity contribution in [1.82, 2.24) is 5.32 Å². The lowest BCUT2D eigenvalue weighted by Gasteiger charge is -2.15. The van der Waals surface area contributed by atoms with Crippen LogP contribution >= 0.6 is 0 Å². The minimum atomic E-state index is -1.15. The van der Waals surface area contributed by atoms with E-state index in [1.165, 1.54) is 6.26 Å². The van der Waals surface area contributed by atoms with Gasteiger partial charge in [0.15, 0.2) is 5.94 Å². The van der Waals surface area contributed by atoms with E-state index in [-0.39, 0.29) is 19.0 Å². The molecular formula is C16H25NO5S. The highest BCUT2D eigenvalue weighted by Crippen LogP contribution is 2.13. The fraction of sp³-hybridized carbons (Fsp3) is 0.562. The zero-order chi connectivity index (χ0) is 17.2. The van der Waals surface area contributed by atoms with Gasteiger partial charge in [0.25, 0.3) is 0 Å². The number of carbonyl (C=O) groups is 1. The Hall–Kier alpha value is -1.44. The van der Waals surface area contributed by atoms with Crippen LogP contribution in [0.2, 0.25) is 0 Å². The molecule has 2 N–H and O–H groups in total. The zero-order valence-electron chi connectivity index (χ0n) is 13.8. The van der Waals surface area contributed by atoms with Gasteiger partial charge >= 0.3 is 5.97 Å². The van der Waals surface area contributed by atoms with Gasteiger partial charge in [0.05, 0.1) is 17.2 Å². The highest BCUT2D eigenvalue weighted by Gasteiger charge is 2.08. The first-order valence-electron chi connectivity index (χ1n) is 7.45. The summed E-state index contributed by atoms with van der Waals surface area (Å²) >= 11 is 0. The van der Waals surface area contributed by atoms with E-state index < -0.39 is 22.9 Å². The number of rotatable bonds is 10. The van der Waals surface area contributed by atoms with Crippen LogP contribution in [0.5, 0.6) is 5.75 Å². The van der Waals surface area contributed by atoms with Crippen molar-refractivity contribution in [3.8, 4) is 5.75 Å². The predicted molar refractivity (Wildman–Crippen MR) is 89.8 cm³/mol. The maximum absolute atomic E-state index is 11.5. The summed E-state index contributed by atoms with van der Waals surface area (Å²) < 4.78 is 21.2. The Labute approximate surface area is 139 Å². The third-order valence-electron chi connectivity index (χ3n) is 2.86. The molecule has 1 aromatic rings. The molecule has 130 valence electrons. The predicted octanol–water partition coefficient (Wildman–Crippen LogP) is 0.846. The molecule has 0 amide bonds. The van der Waals surface area contributed by atoms with Crippen LogP contribution in [-0.2, 0) is 26.8 Å². The molecule has 0 aliphatic heterocycles. The van der Waals surface area contributed by atoms with Crippen molar-refractivity contribution >= 4 is 16.8 Å². The first-order valence-corrected chi connectivity index (χ1v) is 9.18. The third-order valence-corrected chi connectivity index (χ3v) is 3.31. The van der Waals surface area contributed by atoms with Gasteiger partial charge in [-0.05, 0) is 17.7 Å². The highest BCUT2D eigenvalue weighted by atomic mass is 32.2. The SMILES string of the molecule is CC(C)NCC(O)COc1ccc(CC(=O)OCS(C)=O)cc1. The Morgan fingerprint density at radius 1 is 1.30 bits per heavy atom. The molecule has 0 radical (unpaired) electrons. The molecule has 0 fully saturated rings. The number of hydrogen-bond donors (Lipinski definition) is 2. The monoisotopic (exact) mass is 343 g/mol. The zero-order valence-corrected chi connectivity index (χ0v) is 14.6. The standard InChI is InChI=1S/C16H25NO5S/c1-12(2)17-9-14(18)10-21-15-6-4-13(5-7-15)8-16(19)22-11-23(3)20/h4-7,12,14,17-18H,8-11H2,1-3H3. The highest BCUT2D eigenvalue weighted by molar-refractivity contribution is 7.84. The van der Waals surface area contributed by atoms with E-state index in [0.717, 1.165) is 5.56 Å². The van der Waals surface area contributed by atoms with Gasteiger partial charge in [-0.15, -0.1) is 0 Å². The Morgan fingerprint density at radius 3 is 2.52 bits per heavy atom. The molecule has 1 rings (SSSR count). The van der Waals surface area contributed by atoms with Gasteiger partial charge in [0, 0.05) is 18.8 Å². The van der Waals surface area contributed by atoms with E-state index in [4.69, 9.17) is 9.47 Å². The average molecular weight is 343 g/mol. The molecule has 0 bridgehead atoms. The lowest BCUT2D eigenvalue weighted by atomic mass is 10.1. The second-order valence-corrected chi connectivity index (χ2v) is 6.94. The summed E-state index contributed by atoms with van der Waals surface area (Å²) in [5.41, 5.74) is 0.784. The molecule has 0 spiro atoms. The average Bonchev–Trinajstić information content (AvgIpc) is 2.50. The maximum atomic E-state index is 11.5. The Bertz CT molecular complexity index is 504.